The normalized spacial score (nSPS) is 14.7. The Kier molecular flexibility index (Phi) is 4.96. The molecule has 2 rings (SSSR count). The molecule has 0 aromatic heterocycles. The first-order chi connectivity index (χ1) is 10.0. The minimum absolute atomic E-state index is 0.0699. The molecule has 1 heterocycles. The molecule has 0 saturated heterocycles. The highest BCUT2D eigenvalue weighted by atomic mass is 16.5. The van der Waals surface area contributed by atoms with E-state index in [1.165, 1.54) is 5.56 Å². The summed E-state index contributed by atoms with van der Waals surface area (Å²) in [7, 11) is 0. The lowest BCUT2D eigenvalue weighted by molar-refractivity contribution is -0.143. The number of hydrogen-bond acceptors (Lipinski definition) is 4. The van der Waals surface area contributed by atoms with Crippen LogP contribution in [0, 0.1) is 0 Å². The Morgan fingerprint density at radius 2 is 2.19 bits per heavy atom. The predicted molar refractivity (Wildman–Crippen MR) is 81.1 cm³/mol. The highest BCUT2D eigenvalue weighted by Crippen LogP contribution is 2.29. The van der Waals surface area contributed by atoms with Gasteiger partial charge in [0.05, 0.1) is 13.0 Å². The summed E-state index contributed by atoms with van der Waals surface area (Å²) in [6.45, 7) is 4.48. The van der Waals surface area contributed by atoms with Crippen LogP contribution in [0.25, 0.3) is 0 Å². The van der Waals surface area contributed by atoms with Crippen LogP contribution < -0.4 is 10.6 Å². The van der Waals surface area contributed by atoms with Crippen LogP contribution in [-0.2, 0) is 27.2 Å². The van der Waals surface area contributed by atoms with Crippen molar-refractivity contribution in [3.63, 3.8) is 0 Å². The van der Waals surface area contributed by atoms with Crippen LogP contribution in [0.1, 0.15) is 31.4 Å². The van der Waals surface area contributed by atoms with E-state index in [0.717, 1.165) is 24.2 Å². The largest absolute Gasteiger partial charge is 0.466 e. The number of amides is 1. The van der Waals surface area contributed by atoms with Crippen molar-refractivity contribution in [3.05, 3.63) is 29.3 Å². The van der Waals surface area contributed by atoms with E-state index in [-0.39, 0.29) is 24.3 Å². The Bertz CT molecular complexity index is 542. The second kappa shape index (κ2) is 6.72. The zero-order chi connectivity index (χ0) is 15.4. The number of anilines is 1. The molecule has 1 aromatic rings. The molecular weight excluding hydrogens is 268 g/mol. The SMILES string of the molecule is CCOC(=O)CC(N)Cc1ccc2c(c1)CCN2C(C)=O. The molecule has 0 radical (unpaired) electrons. The van der Waals surface area contributed by atoms with Crippen LogP contribution in [-0.4, -0.2) is 31.1 Å². The Labute approximate surface area is 125 Å². The molecule has 1 aromatic carbocycles. The fourth-order valence-electron chi connectivity index (χ4n) is 2.72. The van der Waals surface area contributed by atoms with Gasteiger partial charge in [-0.25, -0.2) is 0 Å². The molecule has 1 aliphatic rings. The highest BCUT2D eigenvalue weighted by molar-refractivity contribution is 5.93. The van der Waals surface area contributed by atoms with Crippen LogP contribution >= 0.6 is 0 Å². The van der Waals surface area contributed by atoms with Crippen molar-refractivity contribution in [2.75, 3.05) is 18.1 Å². The zero-order valence-electron chi connectivity index (χ0n) is 12.6. The van der Waals surface area contributed by atoms with Crippen LogP contribution in [0.3, 0.4) is 0 Å². The summed E-state index contributed by atoms with van der Waals surface area (Å²) in [6.07, 6.45) is 1.73. The number of rotatable bonds is 5. The number of ether oxygens (including phenoxy) is 1. The molecule has 1 amide bonds. The van der Waals surface area contributed by atoms with Crippen LogP contribution in [0.4, 0.5) is 5.69 Å². The van der Waals surface area contributed by atoms with Gasteiger partial charge in [0.1, 0.15) is 0 Å². The van der Waals surface area contributed by atoms with Gasteiger partial charge in [0.25, 0.3) is 0 Å². The van der Waals surface area contributed by atoms with E-state index in [4.69, 9.17) is 10.5 Å². The number of nitrogens with zero attached hydrogens (tertiary/aromatic N) is 1. The monoisotopic (exact) mass is 290 g/mol. The van der Waals surface area contributed by atoms with Crippen molar-refractivity contribution in [3.8, 4) is 0 Å². The van der Waals surface area contributed by atoms with Crippen LogP contribution in [0.15, 0.2) is 18.2 Å². The lowest BCUT2D eigenvalue weighted by Crippen LogP contribution is -2.27. The maximum Gasteiger partial charge on any atom is 0.307 e. The predicted octanol–water partition coefficient (Wildman–Crippen LogP) is 1.42. The van der Waals surface area contributed by atoms with Gasteiger partial charge in [-0.05, 0) is 37.0 Å². The summed E-state index contributed by atoms with van der Waals surface area (Å²) in [5.41, 5.74) is 9.25. The number of benzene rings is 1. The average molecular weight is 290 g/mol. The first-order valence-electron chi connectivity index (χ1n) is 7.32. The number of hydrogen-bond donors (Lipinski definition) is 1. The van der Waals surface area contributed by atoms with Gasteiger partial charge in [0.15, 0.2) is 0 Å². The molecule has 1 unspecified atom stereocenters. The molecule has 0 saturated carbocycles. The van der Waals surface area contributed by atoms with Gasteiger partial charge in [-0.15, -0.1) is 0 Å². The maximum atomic E-state index is 11.5. The van der Waals surface area contributed by atoms with Gasteiger partial charge in [-0.1, -0.05) is 12.1 Å². The van der Waals surface area contributed by atoms with Crippen LogP contribution in [0.5, 0.6) is 0 Å². The summed E-state index contributed by atoms with van der Waals surface area (Å²) in [5.74, 6) is -0.186. The first-order valence-corrected chi connectivity index (χ1v) is 7.32. The lowest BCUT2D eigenvalue weighted by atomic mass is 10.0. The molecule has 5 nitrogen and oxygen atoms in total. The van der Waals surface area contributed by atoms with Gasteiger partial charge in [-0.2, -0.15) is 0 Å². The average Bonchev–Trinajstić information content (AvgIpc) is 2.81. The third-order valence-corrected chi connectivity index (χ3v) is 3.65. The number of carbonyl (C=O) groups is 2. The third-order valence-electron chi connectivity index (χ3n) is 3.65. The van der Waals surface area contributed by atoms with Crippen molar-refractivity contribution in [1.82, 2.24) is 0 Å². The zero-order valence-corrected chi connectivity index (χ0v) is 12.6. The topological polar surface area (TPSA) is 72.6 Å². The van der Waals surface area contributed by atoms with Crippen molar-refractivity contribution >= 4 is 17.6 Å². The van der Waals surface area contributed by atoms with E-state index in [2.05, 4.69) is 6.07 Å². The Morgan fingerprint density at radius 1 is 1.43 bits per heavy atom. The van der Waals surface area contributed by atoms with Gasteiger partial charge in [0.2, 0.25) is 5.91 Å². The molecule has 0 spiro atoms. The van der Waals surface area contributed by atoms with Gasteiger partial charge in [-0.3, -0.25) is 9.59 Å². The first kappa shape index (κ1) is 15.5. The van der Waals surface area contributed by atoms with E-state index in [9.17, 15) is 9.59 Å². The minimum atomic E-state index is -0.256. The summed E-state index contributed by atoms with van der Waals surface area (Å²) in [4.78, 5) is 24.7. The summed E-state index contributed by atoms with van der Waals surface area (Å²) >= 11 is 0. The van der Waals surface area contributed by atoms with E-state index in [1.54, 1.807) is 18.7 Å². The van der Waals surface area contributed by atoms with Crippen LogP contribution in [0.2, 0.25) is 0 Å². The highest BCUT2D eigenvalue weighted by Gasteiger charge is 2.22. The molecule has 1 atom stereocenters. The summed E-state index contributed by atoms with van der Waals surface area (Å²) < 4.78 is 4.90. The maximum absolute atomic E-state index is 11.5. The van der Waals surface area contributed by atoms with Gasteiger partial charge in [0, 0.05) is 25.2 Å². The molecule has 5 heteroatoms. The Morgan fingerprint density at radius 3 is 2.86 bits per heavy atom. The standard InChI is InChI=1S/C16H22N2O3/c1-3-21-16(20)10-14(17)9-12-4-5-15-13(8-12)6-7-18(15)11(2)19/h4-5,8,14H,3,6-7,9-10,17H2,1-2H3. The molecule has 21 heavy (non-hydrogen) atoms. The Balaban J connectivity index is 2.00. The minimum Gasteiger partial charge on any atom is -0.466 e. The van der Waals surface area contributed by atoms with Gasteiger partial charge < -0.3 is 15.4 Å². The van der Waals surface area contributed by atoms with E-state index < -0.39 is 0 Å². The van der Waals surface area contributed by atoms with E-state index in [1.807, 2.05) is 12.1 Å². The van der Waals surface area contributed by atoms with Crippen molar-refractivity contribution in [1.29, 1.82) is 0 Å². The Hall–Kier alpha value is -1.88. The van der Waals surface area contributed by atoms with E-state index >= 15 is 0 Å². The number of carbonyl (C=O) groups excluding carboxylic acids is 2. The second-order valence-corrected chi connectivity index (χ2v) is 5.36. The summed E-state index contributed by atoms with van der Waals surface area (Å²) in [5, 5.41) is 0. The molecule has 0 bridgehead atoms. The number of nitrogens with two attached hydrogens (primary N) is 1. The summed E-state index contributed by atoms with van der Waals surface area (Å²) in [6, 6.07) is 5.79. The smallest absolute Gasteiger partial charge is 0.307 e. The van der Waals surface area contributed by atoms with Gasteiger partial charge >= 0.3 is 5.97 Å². The quantitative estimate of drug-likeness (QED) is 0.832. The lowest BCUT2D eigenvalue weighted by Gasteiger charge is -2.15. The molecule has 1 aliphatic heterocycles. The molecular formula is C16H22N2O3. The number of fused-ring (bicyclic) bond motifs is 1. The van der Waals surface area contributed by atoms with Crippen molar-refractivity contribution in [2.24, 2.45) is 5.73 Å². The number of esters is 1. The third kappa shape index (κ3) is 3.82. The second-order valence-electron chi connectivity index (χ2n) is 5.36. The molecule has 2 N–H and O–H groups in total. The fraction of sp³-hybridized carbons (Fsp3) is 0.500. The molecule has 0 aliphatic carbocycles. The van der Waals surface area contributed by atoms with Crippen molar-refractivity contribution < 1.29 is 14.3 Å². The van der Waals surface area contributed by atoms with E-state index in [0.29, 0.717) is 13.0 Å². The van der Waals surface area contributed by atoms with Crippen molar-refractivity contribution in [2.45, 2.75) is 39.2 Å². The molecule has 114 valence electrons. The fourth-order valence-corrected chi connectivity index (χ4v) is 2.72. The molecule has 0 fully saturated rings.